The summed E-state index contributed by atoms with van der Waals surface area (Å²) in [5.74, 6) is -1.71. The Hall–Kier alpha value is -3.33. The number of hydrogen-bond donors (Lipinski definition) is 0. The lowest BCUT2D eigenvalue weighted by molar-refractivity contribution is -0.384. The lowest BCUT2D eigenvalue weighted by Gasteiger charge is -2.18. The second-order valence-corrected chi connectivity index (χ2v) is 7.07. The van der Waals surface area contributed by atoms with Crippen LogP contribution in [0.1, 0.15) is 55.4 Å². The SMILES string of the molecule is COCC(C)n1c(C)cc(C(=O)CN2C(=O)c3ccc([N+](=O)[O-])cc3C2=O)c1C. The number of carbonyl (C=O) groups excluding carboxylic acids is 3. The lowest BCUT2D eigenvalue weighted by atomic mass is 10.1. The average Bonchev–Trinajstić information content (AvgIpc) is 3.10. The van der Waals surface area contributed by atoms with Crippen molar-refractivity contribution in [1.82, 2.24) is 9.47 Å². The molecule has 0 saturated carbocycles. The highest BCUT2D eigenvalue weighted by atomic mass is 16.6. The predicted octanol–water partition coefficient (Wildman–Crippen LogP) is 2.70. The molecule has 3 rings (SSSR count). The molecule has 0 spiro atoms. The number of amides is 2. The third kappa shape index (κ3) is 3.44. The monoisotopic (exact) mass is 399 g/mol. The van der Waals surface area contributed by atoms with E-state index in [2.05, 4.69) is 0 Å². The molecule has 0 aliphatic carbocycles. The first kappa shape index (κ1) is 20.4. The molecule has 1 aliphatic heterocycles. The number of benzene rings is 1. The molecule has 1 atom stereocenters. The van der Waals surface area contributed by atoms with Crippen LogP contribution in [0.2, 0.25) is 0 Å². The van der Waals surface area contributed by atoms with Crippen LogP contribution >= 0.6 is 0 Å². The number of imide groups is 1. The molecule has 2 heterocycles. The maximum Gasteiger partial charge on any atom is 0.270 e. The molecule has 0 radical (unpaired) electrons. The number of carbonyl (C=O) groups is 3. The molecule has 9 nitrogen and oxygen atoms in total. The number of aryl methyl sites for hydroxylation is 1. The summed E-state index contributed by atoms with van der Waals surface area (Å²) < 4.78 is 7.16. The van der Waals surface area contributed by atoms with Gasteiger partial charge in [-0.15, -0.1) is 0 Å². The van der Waals surface area contributed by atoms with Crippen molar-refractivity contribution >= 4 is 23.3 Å². The van der Waals surface area contributed by atoms with Crippen LogP contribution in [-0.4, -0.2) is 52.2 Å². The maximum atomic E-state index is 12.9. The van der Waals surface area contributed by atoms with Crippen molar-refractivity contribution in [1.29, 1.82) is 0 Å². The highest BCUT2D eigenvalue weighted by molar-refractivity contribution is 6.23. The fourth-order valence-corrected chi connectivity index (χ4v) is 3.82. The van der Waals surface area contributed by atoms with E-state index in [1.807, 2.05) is 18.4 Å². The Balaban J connectivity index is 1.87. The molecule has 2 aromatic rings. The van der Waals surface area contributed by atoms with Crippen LogP contribution in [-0.2, 0) is 4.74 Å². The largest absolute Gasteiger partial charge is 0.383 e. The van der Waals surface area contributed by atoms with E-state index in [-0.39, 0.29) is 28.6 Å². The molecule has 1 aromatic heterocycles. The third-order valence-electron chi connectivity index (χ3n) is 5.10. The van der Waals surface area contributed by atoms with Crippen LogP contribution < -0.4 is 0 Å². The van der Waals surface area contributed by atoms with Gasteiger partial charge >= 0.3 is 0 Å². The first-order valence-corrected chi connectivity index (χ1v) is 9.02. The molecular formula is C20H21N3O6. The number of Topliss-reactive ketones (excluding diaryl/α,β-unsaturated/α-hetero) is 1. The predicted molar refractivity (Wildman–Crippen MR) is 103 cm³/mol. The van der Waals surface area contributed by atoms with E-state index >= 15 is 0 Å². The Kier molecular flexibility index (Phi) is 5.34. The summed E-state index contributed by atoms with van der Waals surface area (Å²) in [6.45, 7) is 5.69. The smallest absolute Gasteiger partial charge is 0.270 e. The Labute approximate surface area is 167 Å². The summed E-state index contributed by atoms with van der Waals surface area (Å²) in [6, 6.07) is 5.23. The van der Waals surface area contributed by atoms with Gasteiger partial charge in [-0.3, -0.25) is 29.4 Å². The van der Waals surface area contributed by atoms with Crippen molar-refractivity contribution in [3.05, 3.63) is 62.5 Å². The number of ketones is 1. The van der Waals surface area contributed by atoms with Gasteiger partial charge in [0.15, 0.2) is 5.78 Å². The number of ether oxygens (including phenoxy) is 1. The zero-order valence-electron chi connectivity index (χ0n) is 16.6. The zero-order valence-corrected chi connectivity index (χ0v) is 16.6. The molecule has 1 aliphatic rings. The second kappa shape index (κ2) is 7.59. The number of methoxy groups -OCH3 is 1. The third-order valence-corrected chi connectivity index (χ3v) is 5.10. The molecule has 0 fully saturated rings. The summed E-state index contributed by atoms with van der Waals surface area (Å²) in [5.41, 5.74) is 1.74. The van der Waals surface area contributed by atoms with Crippen molar-refractivity contribution in [2.75, 3.05) is 20.3 Å². The molecule has 9 heteroatoms. The summed E-state index contributed by atoms with van der Waals surface area (Å²) in [5, 5.41) is 10.9. The van der Waals surface area contributed by atoms with Gasteiger partial charge in [0.05, 0.1) is 35.2 Å². The maximum absolute atomic E-state index is 12.9. The Morgan fingerprint density at radius 2 is 1.83 bits per heavy atom. The number of non-ortho nitro benzene ring substituents is 1. The lowest BCUT2D eigenvalue weighted by Crippen LogP contribution is -2.35. The normalized spacial score (nSPS) is 14.3. The summed E-state index contributed by atoms with van der Waals surface area (Å²) in [4.78, 5) is 49.2. The van der Waals surface area contributed by atoms with E-state index in [1.54, 1.807) is 20.1 Å². The summed E-state index contributed by atoms with van der Waals surface area (Å²) in [6.07, 6.45) is 0. The standard InChI is InChI=1S/C20H21N3O6/c1-11-7-16(13(3)22(11)12(2)10-29-4)18(24)9-21-19(25)15-6-5-14(23(27)28)8-17(15)20(21)26/h5-8,12H,9-10H2,1-4H3. The topological polar surface area (TPSA) is 112 Å². The van der Waals surface area contributed by atoms with Crippen molar-refractivity contribution in [3.8, 4) is 0 Å². The number of nitro benzene ring substituents is 1. The Morgan fingerprint density at radius 3 is 2.45 bits per heavy atom. The van der Waals surface area contributed by atoms with Crippen molar-refractivity contribution in [3.63, 3.8) is 0 Å². The summed E-state index contributed by atoms with van der Waals surface area (Å²) >= 11 is 0. The van der Waals surface area contributed by atoms with Crippen LogP contribution in [0.15, 0.2) is 24.3 Å². The van der Waals surface area contributed by atoms with Crippen molar-refractivity contribution in [2.24, 2.45) is 0 Å². The molecule has 0 N–H and O–H groups in total. The van der Waals surface area contributed by atoms with Crippen LogP contribution in [0, 0.1) is 24.0 Å². The van der Waals surface area contributed by atoms with Gasteiger partial charge in [-0.2, -0.15) is 0 Å². The highest BCUT2D eigenvalue weighted by Crippen LogP contribution is 2.28. The van der Waals surface area contributed by atoms with E-state index in [4.69, 9.17) is 4.74 Å². The van der Waals surface area contributed by atoms with Crippen molar-refractivity contribution in [2.45, 2.75) is 26.8 Å². The van der Waals surface area contributed by atoms with E-state index in [0.717, 1.165) is 22.4 Å². The first-order valence-electron chi connectivity index (χ1n) is 9.02. The average molecular weight is 399 g/mol. The van der Waals surface area contributed by atoms with Crippen LogP contribution in [0.5, 0.6) is 0 Å². The second-order valence-electron chi connectivity index (χ2n) is 7.07. The minimum Gasteiger partial charge on any atom is -0.383 e. The molecule has 2 amide bonds. The van der Waals surface area contributed by atoms with Gasteiger partial charge in [0.2, 0.25) is 0 Å². The summed E-state index contributed by atoms with van der Waals surface area (Å²) in [7, 11) is 1.60. The molecule has 0 bridgehead atoms. The quantitative estimate of drug-likeness (QED) is 0.306. The van der Waals surface area contributed by atoms with E-state index in [9.17, 15) is 24.5 Å². The highest BCUT2D eigenvalue weighted by Gasteiger charge is 2.38. The molecule has 152 valence electrons. The Morgan fingerprint density at radius 1 is 1.17 bits per heavy atom. The van der Waals surface area contributed by atoms with E-state index in [0.29, 0.717) is 12.2 Å². The number of nitrogens with zero attached hydrogens (tertiary/aromatic N) is 3. The van der Waals surface area contributed by atoms with Gasteiger partial charge in [-0.05, 0) is 32.9 Å². The molecule has 1 aromatic carbocycles. The molecule has 29 heavy (non-hydrogen) atoms. The zero-order chi connectivity index (χ0) is 21.5. The van der Waals surface area contributed by atoms with Gasteiger partial charge in [0, 0.05) is 36.2 Å². The fraction of sp³-hybridized carbons (Fsp3) is 0.350. The van der Waals surface area contributed by atoms with Crippen LogP contribution in [0.4, 0.5) is 5.69 Å². The minimum absolute atomic E-state index is 0.0152. The molecule has 0 saturated heterocycles. The van der Waals surface area contributed by atoms with Crippen LogP contribution in [0.25, 0.3) is 0 Å². The van der Waals surface area contributed by atoms with Gasteiger partial charge in [-0.25, -0.2) is 0 Å². The van der Waals surface area contributed by atoms with Gasteiger partial charge in [0.1, 0.15) is 0 Å². The van der Waals surface area contributed by atoms with Crippen molar-refractivity contribution < 1.29 is 24.0 Å². The van der Waals surface area contributed by atoms with Gasteiger partial charge in [0.25, 0.3) is 17.5 Å². The van der Waals surface area contributed by atoms with E-state index < -0.39 is 23.3 Å². The number of rotatable bonds is 7. The fourth-order valence-electron chi connectivity index (χ4n) is 3.82. The Bertz CT molecular complexity index is 1040. The molecule has 1 unspecified atom stereocenters. The molecular weight excluding hydrogens is 378 g/mol. The van der Waals surface area contributed by atoms with E-state index in [1.165, 1.54) is 12.1 Å². The number of aromatic nitrogens is 1. The van der Waals surface area contributed by atoms with Gasteiger partial charge < -0.3 is 9.30 Å². The first-order chi connectivity index (χ1) is 13.7. The number of nitro groups is 1. The minimum atomic E-state index is -0.705. The van der Waals surface area contributed by atoms with Crippen LogP contribution in [0.3, 0.4) is 0 Å². The van der Waals surface area contributed by atoms with Gasteiger partial charge in [-0.1, -0.05) is 0 Å². The number of hydrogen-bond acceptors (Lipinski definition) is 6. The number of fused-ring (bicyclic) bond motifs is 1.